The number of aromatic nitrogens is 1. The molecule has 1 aliphatic carbocycles. The third-order valence-electron chi connectivity index (χ3n) is 3.14. The first-order valence-corrected chi connectivity index (χ1v) is 5.25. The van der Waals surface area contributed by atoms with Crippen molar-refractivity contribution in [3.05, 3.63) is 23.9 Å². The number of nitrogens with two attached hydrogens (primary N) is 2. The van der Waals surface area contributed by atoms with Gasteiger partial charge in [0.2, 0.25) is 0 Å². The molecule has 1 heterocycles. The number of rotatable bonds is 2. The predicted molar refractivity (Wildman–Crippen MR) is 57.5 cm³/mol. The molecule has 1 aromatic heterocycles. The largest absolute Gasteiger partial charge is 0.383 e. The highest BCUT2D eigenvalue weighted by molar-refractivity contribution is 5.41. The summed E-state index contributed by atoms with van der Waals surface area (Å²) in [7, 11) is 0. The van der Waals surface area contributed by atoms with Crippen molar-refractivity contribution in [1.82, 2.24) is 4.98 Å². The fraction of sp³-hybridized carbons (Fsp3) is 0.545. The minimum Gasteiger partial charge on any atom is -0.383 e. The Hall–Kier alpha value is -1.09. The zero-order valence-electron chi connectivity index (χ0n) is 8.32. The van der Waals surface area contributed by atoms with Crippen LogP contribution in [0.25, 0.3) is 0 Å². The van der Waals surface area contributed by atoms with Crippen molar-refractivity contribution in [1.29, 1.82) is 0 Å². The van der Waals surface area contributed by atoms with E-state index in [-0.39, 0.29) is 6.04 Å². The second-order valence-electron chi connectivity index (χ2n) is 4.05. The van der Waals surface area contributed by atoms with Crippen molar-refractivity contribution >= 4 is 5.82 Å². The highest BCUT2D eigenvalue weighted by Crippen LogP contribution is 2.35. The molecule has 3 nitrogen and oxygen atoms in total. The summed E-state index contributed by atoms with van der Waals surface area (Å²) in [5.74, 6) is 1.19. The summed E-state index contributed by atoms with van der Waals surface area (Å²) in [6.07, 6.45) is 6.78. The molecular formula is C11H17N3. The number of hydrogen-bond donors (Lipinski definition) is 2. The van der Waals surface area contributed by atoms with E-state index in [0.29, 0.717) is 11.7 Å². The Bertz CT molecular complexity index is 305. The summed E-state index contributed by atoms with van der Waals surface area (Å²) < 4.78 is 0. The van der Waals surface area contributed by atoms with Gasteiger partial charge >= 0.3 is 0 Å². The third kappa shape index (κ3) is 1.73. The number of anilines is 1. The first kappa shape index (κ1) is 9.46. The molecule has 0 bridgehead atoms. The third-order valence-corrected chi connectivity index (χ3v) is 3.14. The SMILES string of the molecule is Nc1ncccc1[C@@H](N)C1CCCC1. The van der Waals surface area contributed by atoms with Crippen molar-refractivity contribution in [2.75, 3.05) is 5.73 Å². The highest BCUT2D eigenvalue weighted by Gasteiger charge is 2.24. The Morgan fingerprint density at radius 3 is 2.71 bits per heavy atom. The van der Waals surface area contributed by atoms with Gasteiger partial charge in [-0.25, -0.2) is 4.98 Å². The van der Waals surface area contributed by atoms with Crippen LogP contribution in [-0.2, 0) is 0 Å². The maximum absolute atomic E-state index is 6.18. The van der Waals surface area contributed by atoms with Crippen LogP contribution in [0.3, 0.4) is 0 Å². The number of nitrogens with zero attached hydrogens (tertiary/aromatic N) is 1. The second kappa shape index (κ2) is 3.96. The molecule has 4 N–H and O–H groups in total. The Morgan fingerprint density at radius 2 is 2.07 bits per heavy atom. The average molecular weight is 191 g/mol. The number of pyridine rings is 1. The maximum atomic E-state index is 6.18. The first-order valence-electron chi connectivity index (χ1n) is 5.25. The number of hydrogen-bond acceptors (Lipinski definition) is 3. The molecule has 1 aromatic rings. The van der Waals surface area contributed by atoms with E-state index in [9.17, 15) is 0 Å². The van der Waals surface area contributed by atoms with E-state index in [1.807, 2.05) is 12.1 Å². The van der Waals surface area contributed by atoms with Gasteiger partial charge in [-0.3, -0.25) is 0 Å². The van der Waals surface area contributed by atoms with Gasteiger partial charge in [-0.1, -0.05) is 18.9 Å². The van der Waals surface area contributed by atoms with Crippen LogP contribution in [0.2, 0.25) is 0 Å². The summed E-state index contributed by atoms with van der Waals surface area (Å²) in [6, 6.07) is 3.97. The van der Waals surface area contributed by atoms with Crippen LogP contribution >= 0.6 is 0 Å². The van der Waals surface area contributed by atoms with Crippen molar-refractivity contribution in [2.45, 2.75) is 31.7 Å². The fourth-order valence-electron chi connectivity index (χ4n) is 2.28. The molecular weight excluding hydrogens is 174 g/mol. The van der Waals surface area contributed by atoms with E-state index in [1.165, 1.54) is 25.7 Å². The lowest BCUT2D eigenvalue weighted by atomic mass is 9.93. The topological polar surface area (TPSA) is 64.9 Å². The Kier molecular flexibility index (Phi) is 2.68. The van der Waals surface area contributed by atoms with Crippen molar-refractivity contribution < 1.29 is 0 Å². The lowest BCUT2D eigenvalue weighted by molar-refractivity contribution is 0.445. The van der Waals surface area contributed by atoms with Gasteiger partial charge < -0.3 is 11.5 Å². The molecule has 76 valence electrons. The van der Waals surface area contributed by atoms with Crippen LogP contribution in [-0.4, -0.2) is 4.98 Å². The molecule has 0 unspecified atom stereocenters. The van der Waals surface area contributed by atoms with Crippen LogP contribution in [0.1, 0.15) is 37.3 Å². The number of nitrogen functional groups attached to an aromatic ring is 1. The Balaban J connectivity index is 2.17. The highest BCUT2D eigenvalue weighted by atomic mass is 14.8. The van der Waals surface area contributed by atoms with E-state index >= 15 is 0 Å². The lowest BCUT2D eigenvalue weighted by Gasteiger charge is -2.19. The second-order valence-corrected chi connectivity index (χ2v) is 4.05. The maximum Gasteiger partial charge on any atom is 0.128 e. The smallest absolute Gasteiger partial charge is 0.128 e. The zero-order chi connectivity index (χ0) is 9.97. The molecule has 1 saturated carbocycles. The van der Waals surface area contributed by atoms with Crippen LogP contribution in [0.15, 0.2) is 18.3 Å². The van der Waals surface area contributed by atoms with Gasteiger partial charge in [0.1, 0.15) is 5.82 Å². The molecule has 0 aliphatic heterocycles. The van der Waals surface area contributed by atoms with Gasteiger partial charge in [0.05, 0.1) is 0 Å². The Labute approximate surface area is 84.5 Å². The normalized spacial score (nSPS) is 19.8. The van der Waals surface area contributed by atoms with Gasteiger partial charge in [-0.05, 0) is 24.8 Å². The van der Waals surface area contributed by atoms with Gasteiger partial charge in [0, 0.05) is 17.8 Å². The van der Waals surface area contributed by atoms with Gasteiger partial charge in [-0.15, -0.1) is 0 Å². The van der Waals surface area contributed by atoms with Crippen molar-refractivity contribution in [2.24, 2.45) is 11.7 Å². The summed E-state index contributed by atoms with van der Waals surface area (Å²) in [5, 5.41) is 0. The summed E-state index contributed by atoms with van der Waals surface area (Å²) >= 11 is 0. The lowest BCUT2D eigenvalue weighted by Crippen LogP contribution is -2.20. The van der Waals surface area contributed by atoms with E-state index in [0.717, 1.165) is 5.56 Å². The molecule has 0 radical (unpaired) electrons. The van der Waals surface area contributed by atoms with Crippen LogP contribution in [0.5, 0.6) is 0 Å². The average Bonchev–Trinajstić information content (AvgIpc) is 2.70. The monoisotopic (exact) mass is 191 g/mol. The van der Waals surface area contributed by atoms with Crippen LogP contribution in [0, 0.1) is 5.92 Å². The molecule has 2 rings (SSSR count). The molecule has 0 amide bonds. The Morgan fingerprint density at radius 1 is 1.36 bits per heavy atom. The van der Waals surface area contributed by atoms with Gasteiger partial charge in [-0.2, -0.15) is 0 Å². The standard InChI is InChI=1S/C11H17N3/c12-10(8-4-1-2-5-8)9-6-3-7-14-11(9)13/h3,6-8,10H,1-2,4-5,12H2,(H2,13,14)/t10-/m0/s1. The molecule has 0 spiro atoms. The molecule has 14 heavy (non-hydrogen) atoms. The molecule has 0 aromatic carbocycles. The van der Waals surface area contributed by atoms with E-state index in [4.69, 9.17) is 11.5 Å². The van der Waals surface area contributed by atoms with Crippen molar-refractivity contribution in [3.8, 4) is 0 Å². The van der Waals surface area contributed by atoms with E-state index < -0.39 is 0 Å². The molecule has 3 heteroatoms. The summed E-state index contributed by atoms with van der Waals surface area (Å²) in [4.78, 5) is 4.07. The van der Waals surface area contributed by atoms with Gasteiger partial charge in [0.15, 0.2) is 0 Å². The van der Waals surface area contributed by atoms with Gasteiger partial charge in [0.25, 0.3) is 0 Å². The predicted octanol–water partition coefficient (Wildman–Crippen LogP) is 1.85. The zero-order valence-corrected chi connectivity index (χ0v) is 8.32. The quantitative estimate of drug-likeness (QED) is 0.749. The fourth-order valence-corrected chi connectivity index (χ4v) is 2.28. The van der Waals surface area contributed by atoms with Crippen LogP contribution in [0.4, 0.5) is 5.82 Å². The molecule has 1 aliphatic rings. The molecule has 1 fully saturated rings. The van der Waals surface area contributed by atoms with E-state index in [1.54, 1.807) is 6.20 Å². The van der Waals surface area contributed by atoms with E-state index in [2.05, 4.69) is 4.98 Å². The molecule has 0 saturated heterocycles. The summed E-state index contributed by atoms with van der Waals surface area (Å²) in [6.45, 7) is 0. The van der Waals surface area contributed by atoms with Crippen molar-refractivity contribution in [3.63, 3.8) is 0 Å². The first-order chi connectivity index (χ1) is 6.79. The minimum absolute atomic E-state index is 0.0752. The minimum atomic E-state index is 0.0752. The summed E-state index contributed by atoms with van der Waals surface area (Å²) in [5.41, 5.74) is 13.0. The molecule has 1 atom stereocenters. The van der Waals surface area contributed by atoms with Crippen LogP contribution < -0.4 is 11.5 Å².